The first-order valence-corrected chi connectivity index (χ1v) is 22.6. The molecule has 0 aliphatic rings. The monoisotopic (exact) mass is 1030 g/mol. The number of aliphatic imine (C=N–C) groups is 1. The molecule has 0 saturated heterocycles. The molecule has 10 atom stereocenters. The van der Waals surface area contributed by atoms with Crippen LogP contribution in [0.15, 0.2) is 4.99 Å². The van der Waals surface area contributed by atoms with Crippen LogP contribution >= 0.6 is 0 Å². The summed E-state index contributed by atoms with van der Waals surface area (Å²) in [6, 6.07) is -15.1. The van der Waals surface area contributed by atoms with Crippen molar-refractivity contribution in [2.24, 2.45) is 45.5 Å². The van der Waals surface area contributed by atoms with Crippen LogP contribution in [0.3, 0.4) is 0 Å². The van der Waals surface area contributed by atoms with Crippen LogP contribution in [0.2, 0.25) is 0 Å². The SMILES string of the molecule is CC(C)C[C@H](NC(=O)[C@H](CC(N)=O)NC(=O)[C@H](CC(C)C)NC(=O)[C@H](CO)NC(=O)[C@@H](N)CO)C(=O)N[C@@H](CCCN=C(N)N)C(=O)N[C@@H](CCC(=O)O)C(=O)N[C@H](C(=O)N[C@@H](CC(N)=O)C(=O)O)[C@@H](C)O. The Labute approximate surface area is 413 Å². The number of aliphatic carboxylic acids is 2. The van der Waals surface area contributed by atoms with Gasteiger partial charge < -0.3 is 96.7 Å². The molecule has 23 N–H and O–H groups in total. The van der Waals surface area contributed by atoms with E-state index < -0.39 is 170 Å². The number of carbonyl (C=O) groups is 12. The topological polar surface area (TPSA) is 545 Å². The molecule has 0 saturated carbocycles. The molecule has 0 bridgehead atoms. The van der Waals surface area contributed by atoms with Crippen molar-refractivity contribution in [2.45, 2.75) is 146 Å². The van der Waals surface area contributed by atoms with Crippen LogP contribution in [-0.4, -0.2) is 183 Å². The van der Waals surface area contributed by atoms with Crippen LogP contribution in [0.25, 0.3) is 0 Å². The van der Waals surface area contributed by atoms with Gasteiger partial charge in [0.25, 0.3) is 0 Å². The maximum absolute atomic E-state index is 14.1. The lowest BCUT2D eigenvalue weighted by molar-refractivity contribution is -0.144. The number of hydrogen-bond donors (Lipinski definition) is 18. The Balaban J connectivity index is 6.84. The zero-order valence-corrected chi connectivity index (χ0v) is 40.7. The second kappa shape index (κ2) is 32.6. The van der Waals surface area contributed by atoms with Crippen molar-refractivity contribution >= 4 is 77.0 Å². The van der Waals surface area contributed by atoms with Gasteiger partial charge in [-0.2, -0.15) is 0 Å². The molecule has 0 aromatic rings. The highest BCUT2D eigenvalue weighted by Gasteiger charge is 2.37. The number of hydrogen-bond acceptors (Lipinski definition) is 17. The highest BCUT2D eigenvalue weighted by Crippen LogP contribution is 2.11. The summed E-state index contributed by atoms with van der Waals surface area (Å²) in [7, 11) is 0. The largest absolute Gasteiger partial charge is 0.481 e. The van der Waals surface area contributed by atoms with Gasteiger partial charge in [0.15, 0.2) is 5.96 Å². The van der Waals surface area contributed by atoms with Crippen molar-refractivity contribution in [1.29, 1.82) is 0 Å². The number of carbonyl (C=O) groups excluding carboxylic acids is 10. The second-order valence-corrected chi connectivity index (χ2v) is 17.4. The summed E-state index contributed by atoms with van der Waals surface area (Å²) < 4.78 is 0. The quantitative estimate of drug-likeness (QED) is 0.0159. The molecule has 72 heavy (non-hydrogen) atoms. The number of carboxylic acid groups (broad SMARTS) is 2. The van der Waals surface area contributed by atoms with E-state index in [1.807, 2.05) is 5.32 Å². The van der Waals surface area contributed by atoms with Crippen LogP contribution in [0.4, 0.5) is 0 Å². The molecule has 0 aliphatic heterocycles. The second-order valence-electron chi connectivity index (χ2n) is 17.4. The van der Waals surface area contributed by atoms with Crippen LogP contribution in [0.5, 0.6) is 0 Å². The van der Waals surface area contributed by atoms with Crippen molar-refractivity contribution < 1.29 is 83.1 Å². The number of nitrogens with two attached hydrogens (primary N) is 5. The molecule has 0 fully saturated rings. The first-order valence-electron chi connectivity index (χ1n) is 22.6. The van der Waals surface area contributed by atoms with Gasteiger partial charge in [0.1, 0.15) is 54.4 Å². The number of aliphatic hydroxyl groups is 3. The van der Waals surface area contributed by atoms with E-state index in [9.17, 15) is 78.0 Å². The number of carboxylic acids is 2. The number of rotatable bonds is 35. The molecule has 0 aromatic carbocycles. The molecule has 0 spiro atoms. The van der Waals surface area contributed by atoms with Crippen LogP contribution in [0, 0.1) is 11.8 Å². The predicted octanol–water partition coefficient (Wildman–Crippen LogP) is -8.60. The lowest BCUT2D eigenvalue weighted by atomic mass is 10.00. The summed E-state index contributed by atoms with van der Waals surface area (Å²) in [5.74, 6) is -15.3. The number of primary amides is 2. The first-order chi connectivity index (χ1) is 33.4. The Bertz CT molecular complexity index is 1950. The minimum atomic E-state index is -1.94. The van der Waals surface area contributed by atoms with E-state index in [1.54, 1.807) is 27.7 Å². The highest BCUT2D eigenvalue weighted by molar-refractivity contribution is 5.99. The number of aliphatic hydroxyl groups excluding tert-OH is 3. The molecule has 0 rings (SSSR count). The number of nitrogens with zero attached hydrogens (tertiary/aromatic N) is 1. The Morgan fingerprint density at radius 2 is 0.875 bits per heavy atom. The lowest BCUT2D eigenvalue weighted by Gasteiger charge is -2.29. The lowest BCUT2D eigenvalue weighted by Crippen LogP contribution is -2.61. The van der Waals surface area contributed by atoms with Gasteiger partial charge in [0.05, 0.1) is 32.2 Å². The third-order valence-corrected chi connectivity index (χ3v) is 10.0. The maximum atomic E-state index is 14.1. The minimum Gasteiger partial charge on any atom is -0.481 e. The molecular weight excluding hydrogens is 961 g/mol. The third-order valence-electron chi connectivity index (χ3n) is 10.0. The zero-order valence-electron chi connectivity index (χ0n) is 40.7. The molecule has 0 aromatic heterocycles. The van der Waals surface area contributed by atoms with Gasteiger partial charge >= 0.3 is 11.9 Å². The fraction of sp³-hybridized carbons (Fsp3) is 0.683. The normalized spacial score (nSPS) is 15.2. The van der Waals surface area contributed by atoms with Crippen molar-refractivity contribution in [3.05, 3.63) is 0 Å². The van der Waals surface area contributed by atoms with Crippen molar-refractivity contribution in [1.82, 2.24) is 42.5 Å². The number of nitrogens with one attached hydrogen (secondary N) is 8. The molecule has 10 amide bonds. The van der Waals surface area contributed by atoms with E-state index in [4.69, 9.17) is 33.8 Å². The van der Waals surface area contributed by atoms with Crippen LogP contribution in [0.1, 0.15) is 86.0 Å². The molecule has 0 unspecified atom stereocenters. The fourth-order valence-electron chi connectivity index (χ4n) is 6.36. The fourth-order valence-corrected chi connectivity index (χ4v) is 6.36. The van der Waals surface area contributed by atoms with Gasteiger partial charge in [-0.3, -0.25) is 57.7 Å². The summed E-state index contributed by atoms with van der Waals surface area (Å²) in [6.07, 6.45) is -5.40. The van der Waals surface area contributed by atoms with E-state index in [0.29, 0.717) is 0 Å². The van der Waals surface area contributed by atoms with Crippen LogP contribution in [-0.2, 0) is 57.5 Å². The summed E-state index contributed by atoms with van der Waals surface area (Å²) >= 11 is 0. The van der Waals surface area contributed by atoms with Crippen LogP contribution < -0.4 is 71.2 Å². The molecule has 31 heteroatoms. The maximum Gasteiger partial charge on any atom is 0.326 e. The first kappa shape index (κ1) is 64.8. The average molecular weight is 1030 g/mol. The number of amides is 10. The summed E-state index contributed by atoms with van der Waals surface area (Å²) in [6.45, 7) is 5.83. The van der Waals surface area contributed by atoms with Gasteiger partial charge in [-0.05, 0) is 50.9 Å². The average Bonchev–Trinajstić information content (AvgIpc) is 3.26. The van der Waals surface area contributed by atoms with E-state index in [1.165, 1.54) is 0 Å². The summed E-state index contributed by atoms with van der Waals surface area (Å²) in [5.41, 5.74) is 26.8. The third kappa shape index (κ3) is 25.6. The zero-order chi connectivity index (χ0) is 55.6. The van der Waals surface area contributed by atoms with E-state index >= 15 is 0 Å². The Morgan fingerprint density at radius 3 is 1.29 bits per heavy atom. The van der Waals surface area contributed by atoms with E-state index in [2.05, 4.69) is 42.2 Å². The van der Waals surface area contributed by atoms with E-state index in [0.717, 1.165) is 6.92 Å². The summed E-state index contributed by atoms with van der Waals surface area (Å²) in [5, 5.41) is 66.2. The molecule has 408 valence electrons. The molecule has 0 radical (unpaired) electrons. The standard InChI is InChI=1S/C41H72N14O17/c1-17(2)11-23(50-37(68)25(13-28(43)59)52-36(67)24(12-18(3)4)51-38(69)27(16-57)54-32(63)20(42)15-56)35(66)48-21(7-6-10-47-41(45)46)33(64)49-22(8-9-30(61)62)34(65)55-31(19(5)58)39(70)53-26(40(71)72)14-29(44)60/h17-27,31,56-58H,6-16,42H2,1-5H3,(H2,43,59)(H2,44,60)(H,48,66)(H,49,64)(H,50,68)(H,51,69)(H,52,67)(H,53,70)(H,54,63)(H,55,65)(H,61,62)(H,71,72)(H4,45,46,47)/t19-,20+,21+,22+,23+,24+,25+,26+,27+,31+/m1/s1. The smallest absolute Gasteiger partial charge is 0.326 e. The summed E-state index contributed by atoms with van der Waals surface area (Å²) in [4.78, 5) is 158. The predicted molar refractivity (Wildman–Crippen MR) is 250 cm³/mol. The van der Waals surface area contributed by atoms with Gasteiger partial charge in [-0.15, -0.1) is 0 Å². The Hall–Kier alpha value is -7.25. The Morgan fingerprint density at radius 1 is 0.486 bits per heavy atom. The van der Waals surface area contributed by atoms with Crippen molar-refractivity contribution in [3.63, 3.8) is 0 Å². The van der Waals surface area contributed by atoms with E-state index in [-0.39, 0.29) is 50.0 Å². The van der Waals surface area contributed by atoms with Gasteiger partial charge in [-0.25, -0.2) is 4.79 Å². The molecule has 31 nitrogen and oxygen atoms in total. The number of guanidine groups is 1. The Kier molecular flexibility index (Phi) is 29.3. The molecular formula is C41H72N14O17. The van der Waals surface area contributed by atoms with Gasteiger partial charge in [0, 0.05) is 13.0 Å². The van der Waals surface area contributed by atoms with Crippen molar-refractivity contribution in [2.75, 3.05) is 19.8 Å². The highest BCUT2D eigenvalue weighted by atomic mass is 16.4. The van der Waals surface area contributed by atoms with Gasteiger partial charge in [0.2, 0.25) is 59.1 Å². The van der Waals surface area contributed by atoms with Crippen molar-refractivity contribution in [3.8, 4) is 0 Å². The van der Waals surface area contributed by atoms with Gasteiger partial charge in [-0.1, -0.05) is 27.7 Å². The molecule has 0 aliphatic carbocycles. The molecule has 0 heterocycles. The minimum absolute atomic E-state index is 0.0216.